The van der Waals surface area contributed by atoms with Crippen molar-refractivity contribution in [2.75, 3.05) is 24.6 Å². The molecule has 0 bridgehead atoms. The van der Waals surface area contributed by atoms with Crippen molar-refractivity contribution in [1.82, 2.24) is 14.5 Å². The van der Waals surface area contributed by atoms with Gasteiger partial charge in [0.15, 0.2) is 0 Å². The Hall–Kier alpha value is -3.08. The van der Waals surface area contributed by atoms with E-state index in [1.54, 1.807) is 23.7 Å². The number of hydrogen-bond donors (Lipinski definition) is 0. The molecule has 0 amide bonds. The highest BCUT2D eigenvalue weighted by Gasteiger charge is 2.42. The molecule has 1 fully saturated rings. The Morgan fingerprint density at radius 3 is 2.66 bits per heavy atom. The van der Waals surface area contributed by atoms with Gasteiger partial charge in [0.1, 0.15) is 29.6 Å². The lowest BCUT2D eigenvalue weighted by atomic mass is 9.93. The summed E-state index contributed by atoms with van der Waals surface area (Å²) in [7, 11) is 1.72. The van der Waals surface area contributed by atoms with Gasteiger partial charge >= 0.3 is 0 Å². The van der Waals surface area contributed by atoms with Crippen LogP contribution in [0.2, 0.25) is 5.02 Å². The van der Waals surface area contributed by atoms with Crippen LogP contribution in [-0.4, -0.2) is 46.2 Å². The van der Waals surface area contributed by atoms with E-state index < -0.39 is 0 Å². The molecular formula is C27H30ClN5O2. The Kier molecular flexibility index (Phi) is 6.43. The van der Waals surface area contributed by atoms with E-state index in [4.69, 9.17) is 16.3 Å². The number of aryl methyl sites for hydroxylation is 1. The summed E-state index contributed by atoms with van der Waals surface area (Å²) in [6.45, 7) is 6.48. The first-order chi connectivity index (χ1) is 17.0. The topological polar surface area (TPSA) is 74.4 Å². The van der Waals surface area contributed by atoms with Crippen molar-refractivity contribution in [3.05, 3.63) is 63.0 Å². The van der Waals surface area contributed by atoms with Crippen molar-refractivity contribution in [2.45, 2.75) is 51.2 Å². The Balaban J connectivity index is 1.58. The second-order valence-electron chi connectivity index (χ2n) is 9.45. The fourth-order valence-corrected chi connectivity index (χ4v) is 5.75. The largest absolute Gasteiger partial charge is 0.484 e. The number of pyridine rings is 2. The molecule has 4 heterocycles. The predicted octanol–water partition coefficient (Wildman–Crippen LogP) is 4.66. The van der Waals surface area contributed by atoms with Gasteiger partial charge in [0, 0.05) is 37.2 Å². The van der Waals surface area contributed by atoms with Crippen LogP contribution in [0, 0.1) is 11.3 Å². The summed E-state index contributed by atoms with van der Waals surface area (Å²) in [4.78, 5) is 22.7. The molecule has 5 rings (SSSR count). The van der Waals surface area contributed by atoms with Gasteiger partial charge in [0.2, 0.25) is 5.75 Å². The van der Waals surface area contributed by atoms with Crippen molar-refractivity contribution in [2.24, 2.45) is 7.05 Å². The molecule has 0 radical (unpaired) electrons. The molecule has 0 saturated carbocycles. The number of piperazine rings is 1. The Morgan fingerprint density at radius 1 is 1.20 bits per heavy atom. The number of hydrogen-bond acceptors (Lipinski definition) is 6. The summed E-state index contributed by atoms with van der Waals surface area (Å²) < 4.78 is 7.69. The number of aromatic nitrogens is 2. The van der Waals surface area contributed by atoms with Gasteiger partial charge in [-0.15, -0.1) is 0 Å². The molecule has 7 nitrogen and oxygen atoms in total. The summed E-state index contributed by atoms with van der Waals surface area (Å²) in [5.74, 6) is 0.338. The summed E-state index contributed by atoms with van der Waals surface area (Å²) in [5, 5.41) is 10.2. The molecule has 3 atom stereocenters. The summed E-state index contributed by atoms with van der Waals surface area (Å²) in [6, 6.07) is 14.5. The van der Waals surface area contributed by atoms with E-state index in [9.17, 15) is 10.1 Å². The molecule has 1 aromatic carbocycles. The van der Waals surface area contributed by atoms with Crippen LogP contribution >= 0.6 is 11.6 Å². The lowest BCUT2D eigenvalue weighted by Gasteiger charge is -2.51. The van der Waals surface area contributed by atoms with E-state index >= 15 is 0 Å². The minimum absolute atomic E-state index is 0.0832. The highest BCUT2D eigenvalue weighted by molar-refractivity contribution is 6.30. The van der Waals surface area contributed by atoms with Gasteiger partial charge < -0.3 is 14.2 Å². The van der Waals surface area contributed by atoms with Crippen LogP contribution < -0.4 is 15.2 Å². The Bertz CT molecular complexity index is 1350. The zero-order chi connectivity index (χ0) is 24.7. The molecule has 1 saturated heterocycles. The van der Waals surface area contributed by atoms with Crippen LogP contribution in [0.15, 0.2) is 41.2 Å². The number of ether oxygens (including phenoxy) is 1. The summed E-state index contributed by atoms with van der Waals surface area (Å²) in [6.07, 6.45) is 3.11. The fraction of sp³-hybridized carbons (Fsp3) is 0.444. The van der Waals surface area contributed by atoms with E-state index in [0.29, 0.717) is 35.1 Å². The van der Waals surface area contributed by atoms with E-state index in [-0.39, 0.29) is 17.6 Å². The zero-order valence-electron chi connectivity index (χ0n) is 20.4. The number of fused-ring (bicyclic) bond motifs is 5. The van der Waals surface area contributed by atoms with Gasteiger partial charge in [-0.1, -0.05) is 44.0 Å². The van der Waals surface area contributed by atoms with Gasteiger partial charge in [0.25, 0.3) is 5.56 Å². The highest BCUT2D eigenvalue weighted by atomic mass is 35.5. The van der Waals surface area contributed by atoms with Crippen LogP contribution in [0.1, 0.15) is 50.4 Å². The minimum Gasteiger partial charge on any atom is -0.484 e. The molecule has 0 N–H and O–H groups in total. The van der Waals surface area contributed by atoms with Crippen LogP contribution in [0.3, 0.4) is 0 Å². The quantitative estimate of drug-likeness (QED) is 0.516. The number of rotatable bonds is 5. The number of nitrogens with zero attached hydrogens (tertiary/aromatic N) is 5. The third-order valence-corrected chi connectivity index (χ3v) is 7.67. The van der Waals surface area contributed by atoms with E-state index in [1.165, 1.54) is 5.56 Å². The second-order valence-corrected chi connectivity index (χ2v) is 9.89. The first-order valence-electron chi connectivity index (χ1n) is 12.3. The minimum atomic E-state index is -0.169. The van der Waals surface area contributed by atoms with Crippen molar-refractivity contribution < 1.29 is 4.74 Å². The van der Waals surface area contributed by atoms with Gasteiger partial charge in [-0.3, -0.25) is 9.69 Å². The monoisotopic (exact) mass is 491 g/mol. The number of benzene rings is 1. The molecule has 182 valence electrons. The van der Waals surface area contributed by atoms with Crippen molar-refractivity contribution in [3.8, 4) is 11.8 Å². The molecule has 3 aromatic rings. The lowest BCUT2D eigenvalue weighted by Crippen LogP contribution is -2.62. The van der Waals surface area contributed by atoms with Crippen LogP contribution in [0.25, 0.3) is 11.0 Å². The van der Waals surface area contributed by atoms with Gasteiger partial charge in [-0.05, 0) is 42.7 Å². The van der Waals surface area contributed by atoms with Crippen molar-refractivity contribution in [3.63, 3.8) is 0 Å². The predicted molar refractivity (Wildman–Crippen MR) is 138 cm³/mol. The SMILES string of the molecule is CCC[C@H](c1ccc(Cl)cc1)N1C[C@H]2COc3c(c4nc(C#N)ccc4n(C)c3=O)N2C[C@H]1CC. The average Bonchev–Trinajstić information content (AvgIpc) is 2.89. The first kappa shape index (κ1) is 23.7. The molecular weight excluding hydrogens is 462 g/mol. The van der Waals surface area contributed by atoms with E-state index in [1.807, 2.05) is 12.1 Å². The first-order valence-corrected chi connectivity index (χ1v) is 12.7. The molecule has 8 heteroatoms. The maximum Gasteiger partial charge on any atom is 0.295 e. The average molecular weight is 492 g/mol. The van der Waals surface area contributed by atoms with Crippen molar-refractivity contribution >= 4 is 28.3 Å². The van der Waals surface area contributed by atoms with Gasteiger partial charge in [-0.2, -0.15) is 5.26 Å². The van der Waals surface area contributed by atoms with Crippen LogP contribution in [-0.2, 0) is 7.05 Å². The molecule has 35 heavy (non-hydrogen) atoms. The molecule has 0 unspecified atom stereocenters. The number of halogens is 1. The standard InChI is InChI=1S/C27H30ClN5O2/c1-4-6-22(17-7-9-18(28)10-8-17)32-15-21-16-35-26-25(33(21)14-20(32)5-2)24-23(31(3)27(26)34)12-11-19(13-29)30-24/h7-12,20-22H,4-6,14-16H2,1-3H3/t20-,21+,22-/m1/s1. The lowest BCUT2D eigenvalue weighted by molar-refractivity contribution is 0.0696. The van der Waals surface area contributed by atoms with Gasteiger partial charge in [0.05, 0.1) is 11.6 Å². The van der Waals surface area contributed by atoms with Crippen molar-refractivity contribution in [1.29, 1.82) is 5.26 Å². The Labute approximate surface area is 210 Å². The third kappa shape index (κ3) is 4.05. The van der Waals surface area contributed by atoms with Crippen LogP contribution in [0.5, 0.6) is 5.75 Å². The Morgan fingerprint density at radius 2 is 1.97 bits per heavy atom. The molecule has 0 aliphatic carbocycles. The molecule has 2 aromatic heterocycles. The molecule has 2 aliphatic rings. The van der Waals surface area contributed by atoms with E-state index in [2.05, 4.69) is 46.8 Å². The number of anilines is 1. The zero-order valence-corrected chi connectivity index (χ0v) is 21.1. The second kappa shape index (κ2) is 9.52. The van der Waals surface area contributed by atoms with Gasteiger partial charge in [-0.25, -0.2) is 4.98 Å². The molecule has 2 aliphatic heterocycles. The molecule has 0 spiro atoms. The number of nitriles is 1. The maximum atomic E-state index is 13.2. The highest BCUT2D eigenvalue weighted by Crippen LogP contribution is 2.41. The summed E-state index contributed by atoms with van der Waals surface area (Å²) in [5.41, 5.74) is 3.53. The van der Waals surface area contributed by atoms with Crippen LogP contribution in [0.4, 0.5) is 5.69 Å². The fourth-order valence-electron chi connectivity index (χ4n) is 5.62. The smallest absolute Gasteiger partial charge is 0.295 e. The normalized spacial score (nSPS) is 20.6. The summed E-state index contributed by atoms with van der Waals surface area (Å²) >= 11 is 6.18. The maximum absolute atomic E-state index is 13.2. The third-order valence-electron chi connectivity index (χ3n) is 7.42. The van der Waals surface area contributed by atoms with E-state index in [0.717, 1.165) is 43.1 Å².